The average molecular weight is 487 g/mol. The molecule has 0 bridgehead atoms. The van der Waals surface area contributed by atoms with Gasteiger partial charge in [0.15, 0.2) is 17.9 Å². The predicted molar refractivity (Wildman–Crippen MR) is 130 cm³/mol. The van der Waals surface area contributed by atoms with Crippen LogP contribution >= 0.6 is 0 Å². The lowest BCUT2D eigenvalue weighted by molar-refractivity contribution is -0.169. The molecule has 35 heavy (non-hydrogen) atoms. The van der Waals surface area contributed by atoms with Gasteiger partial charge in [-0.3, -0.25) is 9.48 Å². The Bertz CT molecular complexity index is 986. The number of hydrogen-bond acceptors (Lipinski definition) is 8. The summed E-state index contributed by atoms with van der Waals surface area (Å²) in [4.78, 5) is 21.6. The van der Waals surface area contributed by atoms with Crippen LogP contribution in [0.5, 0.6) is 5.75 Å². The van der Waals surface area contributed by atoms with E-state index in [1.54, 1.807) is 17.1 Å². The number of ether oxygens (including phenoxy) is 4. The second-order valence-electron chi connectivity index (χ2n) is 9.91. The molecule has 9 nitrogen and oxygen atoms in total. The topological polar surface area (TPSA) is 97.6 Å². The SMILES string of the molecule is Cc1nc(-c2cnn(C)c2COC2CCCCO2)ncc1OC[C@H]1CCC[C@H](C(=O)OC(C)C)C1. The number of carbonyl (C=O) groups is 1. The molecule has 3 heterocycles. The fraction of sp³-hybridized carbons (Fsp3) is 0.692. The lowest BCUT2D eigenvalue weighted by atomic mass is 9.82. The molecule has 1 saturated carbocycles. The Morgan fingerprint density at radius 2 is 2.06 bits per heavy atom. The molecule has 2 aliphatic rings. The minimum absolute atomic E-state index is 0.0373. The van der Waals surface area contributed by atoms with Crippen molar-refractivity contribution in [2.75, 3.05) is 13.2 Å². The molecule has 4 rings (SSSR count). The van der Waals surface area contributed by atoms with Crippen LogP contribution in [0.3, 0.4) is 0 Å². The molecular weight excluding hydrogens is 448 g/mol. The first-order valence-electron chi connectivity index (χ1n) is 12.8. The van der Waals surface area contributed by atoms with Crippen molar-refractivity contribution in [3.8, 4) is 17.1 Å². The Hall–Kier alpha value is -2.52. The van der Waals surface area contributed by atoms with Crippen LogP contribution in [0.4, 0.5) is 0 Å². The zero-order chi connectivity index (χ0) is 24.8. The van der Waals surface area contributed by atoms with Crippen molar-refractivity contribution in [2.24, 2.45) is 18.9 Å². The Labute approximate surface area is 207 Å². The number of hydrogen-bond donors (Lipinski definition) is 0. The van der Waals surface area contributed by atoms with Crippen molar-refractivity contribution in [2.45, 2.75) is 84.7 Å². The van der Waals surface area contributed by atoms with Crippen LogP contribution in [0, 0.1) is 18.8 Å². The van der Waals surface area contributed by atoms with Crippen LogP contribution in [0.15, 0.2) is 12.4 Å². The summed E-state index contributed by atoms with van der Waals surface area (Å²) >= 11 is 0. The molecule has 192 valence electrons. The number of aromatic nitrogens is 4. The number of nitrogens with zero attached hydrogens (tertiary/aromatic N) is 4. The molecule has 3 atom stereocenters. The van der Waals surface area contributed by atoms with Crippen molar-refractivity contribution >= 4 is 5.97 Å². The normalized spacial score (nSPS) is 22.8. The van der Waals surface area contributed by atoms with Gasteiger partial charge >= 0.3 is 5.97 Å². The van der Waals surface area contributed by atoms with Crippen LogP contribution in [0.1, 0.15) is 70.2 Å². The van der Waals surface area contributed by atoms with Crippen LogP contribution in [0.2, 0.25) is 0 Å². The fourth-order valence-corrected chi connectivity index (χ4v) is 4.76. The summed E-state index contributed by atoms with van der Waals surface area (Å²) < 4.78 is 25.0. The van der Waals surface area contributed by atoms with E-state index in [9.17, 15) is 4.79 Å². The lowest BCUT2D eigenvalue weighted by Crippen LogP contribution is -2.29. The van der Waals surface area contributed by atoms with Gasteiger partial charge in [-0.2, -0.15) is 5.10 Å². The third-order valence-electron chi connectivity index (χ3n) is 6.72. The third kappa shape index (κ3) is 6.79. The van der Waals surface area contributed by atoms with Crippen LogP contribution in [0.25, 0.3) is 11.4 Å². The molecule has 1 saturated heterocycles. The van der Waals surface area contributed by atoms with Crippen molar-refractivity contribution in [1.82, 2.24) is 19.7 Å². The highest BCUT2D eigenvalue weighted by Gasteiger charge is 2.29. The second-order valence-corrected chi connectivity index (χ2v) is 9.91. The first-order valence-corrected chi connectivity index (χ1v) is 12.8. The van der Waals surface area contributed by atoms with E-state index in [0.717, 1.165) is 68.5 Å². The predicted octanol–water partition coefficient (Wildman–Crippen LogP) is 4.37. The molecule has 9 heteroatoms. The number of rotatable bonds is 9. The van der Waals surface area contributed by atoms with Crippen molar-refractivity contribution in [1.29, 1.82) is 0 Å². The highest BCUT2D eigenvalue weighted by atomic mass is 16.7. The number of esters is 1. The highest BCUT2D eigenvalue weighted by molar-refractivity contribution is 5.72. The number of carbonyl (C=O) groups excluding carboxylic acids is 1. The molecule has 0 amide bonds. The minimum Gasteiger partial charge on any atom is -0.490 e. The first kappa shape index (κ1) is 25.6. The smallest absolute Gasteiger partial charge is 0.309 e. The molecular formula is C26H38N4O5. The summed E-state index contributed by atoms with van der Waals surface area (Å²) in [6.07, 6.45) is 10.1. The van der Waals surface area contributed by atoms with Gasteiger partial charge in [0.05, 0.1) is 54.6 Å². The number of aryl methyl sites for hydroxylation is 2. The van der Waals surface area contributed by atoms with Gasteiger partial charge in [-0.25, -0.2) is 9.97 Å². The summed E-state index contributed by atoms with van der Waals surface area (Å²) in [6.45, 7) is 7.38. The standard InChI is InChI=1S/C26H38N4O5/c1-17(2)35-26(31)20-9-7-8-19(12-20)15-33-23-14-27-25(29-18(23)3)21-13-28-30(4)22(21)16-34-24-10-5-6-11-32-24/h13-14,17,19-20,24H,5-12,15-16H2,1-4H3/t19-,20-,24?/m0/s1. The Morgan fingerprint density at radius 1 is 1.20 bits per heavy atom. The van der Waals surface area contributed by atoms with Crippen LogP contribution in [-0.2, 0) is 32.7 Å². The second kappa shape index (κ2) is 11.9. The summed E-state index contributed by atoms with van der Waals surface area (Å²) in [7, 11) is 1.89. The minimum atomic E-state index is -0.170. The van der Waals surface area contributed by atoms with E-state index in [0.29, 0.717) is 30.7 Å². The van der Waals surface area contributed by atoms with E-state index in [1.165, 1.54) is 0 Å². The van der Waals surface area contributed by atoms with Gasteiger partial charge in [0.1, 0.15) is 0 Å². The molecule has 0 N–H and O–H groups in total. The first-order chi connectivity index (χ1) is 16.9. The molecule has 0 aromatic carbocycles. The fourth-order valence-electron chi connectivity index (χ4n) is 4.76. The van der Waals surface area contributed by atoms with Gasteiger partial charge in [-0.1, -0.05) is 6.42 Å². The Kier molecular flexibility index (Phi) is 8.73. The van der Waals surface area contributed by atoms with E-state index < -0.39 is 0 Å². The van der Waals surface area contributed by atoms with E-state index >= 15 is 0 Å². The van der Waals surface area contributed by atoms with E-state index in [4.69, 9.17) is 23.9 Å². The highest BCUT2D eigenvalue weighted by Crippen LogP contribution is 2.31. The quantitative estimate of drug-likeness (QED) is 0.482. The summed E-state index contributed by atoms with van der Waals surface area (Å²) in [5, 5.41) is 4.39. The largest absolute Gasteiger partial charge is 0.490 e. The average Bonchev–Trinajstić information content (AvgIpc) is 3.22. The van der Waals surface area contributed by atoms with Crippen molar-refractivity contribution in [3.05, 3.63) is 23.8 Å². The Balaban J connectivity index is 1.35. The van der Waals surface area contributed by atoms with Gasteiger partial charge in [0.25, 0.3) is 0 Å². The molecule has 2 aromatic heterocycles. The maximum absolute atomic E-state index is 12.3. The summed E-state index contributed by atoms with van der Waals surface area (Å²) in [5.41, 5.74) is 2.53. The molecule has 1 aliphatic heterocycles. The zero-order valence-electron chi connectivity index (χ0n) is 21.4. The zero-order valence-corrected chi connectivity index (χ0v) is 21.4. The van der Waals surface area contributed by atoms with Gasteiger partial charge < -0.3 is 18.9 Å². The molecule has 1 aliphatic carbocycles. The molecule has 1 unspecified atom stereocenters. The van der Waals surface area contributed by atoms with Gasteiger partial charge in [-0.15, -0.1) is 0 Å². The van der Waals surface area contributed by atoms with Gasteiger partial charge in [0, 0.05) is 13.7 Å². The lowest BCUT2D eigenvalue weighted by Gasteiger charge is -2.28. The third-order valence-corrected chi connectivity index (χ3v) is 6.72. The maximum atomic E-state index is 12.3. The molecule has 0 radical (unpaired) electrons. The van der Waals surface area contributed by atoms with Gasteiger partial charge in [-0.05, 0) is 65.2 Å². The van der Waals surface area contributed by atoms with E-state index in [2.05, 4.69) is 10.1 Å². The summed E-state index contributed by atoms with van der Waals surface area (Å²) in [5.74, 6) is 1.46. The maximum Gasteiger partial charge on any atom is 0.309 e. The molecule has 0 spiro atoms. The van der Waals surface area contributed by atoms with Gasteiger partial charge in [0.2, 0.25) is 0 Å². The Morgan fingerprint density at radius 3 is 2.80 bits per heavy atom. The van der Waals surface area contributed by atoms with Crippen molar-refractivity contribution in [3.63, 3.8) is 0 Å². The summed E-state index contributed by atoms with van der Waals surface area (Å²) in [6, 6.07) is 0. The monoisotopic (exact) mass is 486 g/mol. The van der Waals surface area contributed by atoms with Crippen LogP contribution in [-0.4, -0.2) is 51.3 Å². The molecule has 2 aromatic rings. The molecule has 2 fully saturated rings. The van der Waals surface area contributed by atoms with Crippen molar-refractivity contribution < 1.29 is 23.7 Å². The van der Waals surface area contributed by atoms with Crippen LogP contribution < -0.4 is 4.74 Å². The van der Waals surface area contributed by atoms with E-state index in [1.807, 2.05) is 27.8 Å². The van der Waals surface area contributed by atoms with E-state index in [-0.39, 0.29) is 24.3 Å².